The number of hydrogen-bond acceptors (Lipinski definition) is 22. The van der Waals surface area contributed by atoms with Gasteiger partial charge in [0.25, 0.3) is 0 Å². The summed E-state index contributed by atoms with van der Waals surface area (Å²) in [5.41, 5.74) is 29.4. The molecule has 0 radical (unpaired) electrons. The molecule has 103 heavy (non-hydrogen) atoms. The Morgan fingerprint density at radius 1 is 0.544 bits per heavy atom. The minimum Gasteiger partial charge on any atom is -0.457 e. The number of H-pyrrole nitrogens is 1. The number of nitrogens with one attached hydrogen (secondary N) is 2. The number of para-hydroxylation sites is 3. The van der Waals surface area contributed by atoms with Crippen LogP contribution < -0.4 is 48.2 Å². The predicted octanol–water partition coefficient (Wildman–Crippen LogP) is 11.2. The van der Waals surface area contributed by atoms with Crippen LogP contribution in [0, 0.1) is 6.08 Å². The number of carbonyl (C=O) groups excluding carboxylic acids is 2. The summed E-state index contributed by atoms with van der Waals surface area (Å²) in [6.45, 7) is 12.3. The van der Waals surface area contributed by atoms with Gasteiger partial charge >= 0.3 is 17.9 Å². The average Bonchev–Trinajstić information content (AvgIpc) is 1.63. The Morgan fingerprint density at radius 3 is 1.54 bits per heavy atom. The zero-order chi connectivity index (χ0) is 71.8. The van der Waals surface area contributed by atoms with Crippen LogP contribution in [0.25, 0.3) is 66.9 Å². The molecule has 2 amide bonds. The molecule has 2 unspecified atom stereocenters. The molecule has 10 N–H and O–H groups in total. The van der Waals surface area contributed by atoms with Crippen molar-refractivity contribution < 1.29 is 42.4 Å². The number of ether oxygens (including phenoxy) is 6. The van der Waals surface area contributed by atoms with Crippen LogP contribution in [0.1, 0.15) is 58.5 Å². The Balaban J connectivity index is 0.000000146. The zero-order valence-electron chi connectivity index (χ0n) is 57.2. The Labute approximate surface area is 591 Å². The monoisotopic (exact) mass is 1400 g/mol. The minimum atomic E-state index is -0.871. The molecular weight excluding hydrogens is 1320 g/mol. The van der Waals surface area contributed by atoms with E-state index in [1.165, 1.54) is 0 Å². The normalized spacial score (nSPS) is 14.7. The number of anilines is 4. The van der Waals surface area contributed by atoms with Gasteiger partial charge in [-0.05, 0) is 135 Å². The number of hydrogen-bond donors (Lipinski definition) is 6. The molecule has 12 aromatic rings. The number of aromatic amines is 1. The van der Waals surface area contributed by atoms with E-state index in [4.69, 9.17) is 61.6 Å². The van der Waals surface area contributed by atoms with E-state index in [1.54, 1.807) is 18.9 Å². The number of benzene rings is 6. The van der Waals surface area contributed by atoms with Crippen LogP contribution in [-0.4, -0.2) is 153 Å². The third kappa shape index (κ3) is 17.4. The van der Waals surface area contributed by atoms with Gasteiger partial charge in [-0.1, -0.05) is 75.4 Å². The van der Waals surface area contributed by atoms with E-state index < -0.39 is 11.8 Å². The second-order valence-electron chi connectivity index (χ2n) is 24.3. The van der Waals surface area contributed by atoms with Crippen LogP contribution >= 0.6 is 0 Å². The van der Waals surface area contributed by atoms with Crippen molar-refractivity contribution in [1.82, 2.24) is 74.4 Å². The number of aromatic nitrogens is 12. The molecule has 8 heterocycles. The van der Waals surface area contributed by atoms with Crippen molar-refractivity contribution >= 4 is 68.5 Å². The molecule has 14 rings (SSSR count). The Hall–Kier alpha value is -12.1. The fourth-order valence-corrected chi connectivity index (χ4v) is 11.9. The van der Waals surface area contributed by atoms with Gasteiger partial charge in [0, 0.05) is 55.8 Å². The van der Waals surface area contributed by atoms with E-state index in [1.807, 2.05) is 178 Å². The predicted molar refractivity (Wildman–Crippen MR) is 390 cm³/mol. The number of nitrogens with zero attached hydrogens (tertiary/aromatic N) is 13. The summed E-state index contributed by atoms with van der Waals surface area (Å²) in [5, 5.41) is 18.9. The fourth-order valence-electron chi connectivity index (χ4n) is 11.9. The maximum atomic E-state index is 14.2. The second-order valence-corrected chi connectivity index (χ2v) is 24.3. The van der Waals surface area contributed by atoms with E-state index in [2.05, 4.69) is 52.1 Å². The SMILES string of the molecule is CCCC(=O)NCCn1nc(-c2ccc(Oc3ccccc3)cc2)c2c(N)[nH]c(=O)nc21.CCCN1CCOCC(n2nc(-c3ccc(Oc4ccccc4)cc3)c3c(N)nc(F)nc32)C1.CCCOC(=O)N1CCOCC(n2nc(-c3ccc(Oc4ccccc4)cc3)c3c(N)nc(N)nc32)C1. The van der Waals surface area contributed by atoms with Gasteiger partial charge in [0.15, 0.2) is 16.9 Å². The number of fused-ring (bicyclic) bond motifs is 3. The number of nitrogen functional groups attached to an aromatic ring is 4. The average molecular weight is 1400 g/mol. The van der Waals surface area contributed by atoms with E-state index in [0.29, 0.717) is 133 Å². The minimum absolute atomic E-state index is 0.0245. The van der Waals surface area contributed by atoms with E-state index in [0.717, 1.165) is 72.8 Å². The summed E-state index contributed by atoms with van der Waals surface area (Å²) in [6, 6.07) is 50.7. The Kier molecular flexibility index (Phi) is 22.9. The molecule has 0 spiro atoms. The van der Waals surface area contributed by atoms with Crippen molar-refractivity contribution in [1.29, 1.82) is 0 Å². The molecule has 0 bridgehead atoms. The van der Waals surface area contributed by atoms with Crippen molar-refractivity contribution in [2.24, 2.45) is 0 Å². The number of carbonyl (C=O) groups is 2. The summed E-state index contributed by atoms with van der Waals surface area (Å²) in [4.78, 5) is 63.3. The van der Waals surface area contributed by atoms with Gasteiger partial charge < -0.3 is 61.6 Å². The van der Waals surface area contributed by atoms with Crippen LogP contribution in [0.5, 0.6) is 34.5 Å². The highest BCUT2D eigenvalue weighted by molar-refractivity contribution is 6.00. The first kappa shape index (κ1) is 70.8. The van der Waals surface area contributed by atoms with E-state index >= 15 is 0 Å². The molecule has 6 aromatic carbocycles. The molecule has 28 nitrogen and oxygen atoms in total. The van der Waals surface area contributed by atoms with Crippen LogP contribution in [0.2, 0.25) is 0 Å². The third-order valence-corrected chi connectivity index (χ3v) is 16.7. The number of halogens is 1. The Bertz CT molecular complexity index is 4890. The molecule has 0 saturated carbocycles. The number of nitrogens with two attached hydrogens (primary N) is 4. The lowest BCUT2D eigenvalue weighted by atomic mass is 10.1. The summed E-state index contributed by atoms with van der Waals surface area (Å²) >= 11 is 0. The molecule has 0 aliphatic carbocycles. The Morgan fingerprint density at radius 2 is 1.03 bits per heavy atom. The lowest BCUT2D eigenvalue weighted by Crippen LogP contribution is -2.37. The number of amides is 2. The topological polar surface area (TPSA) is 363 Å². The van der Waals surface area contributed by atoms with Crippen molar-refractivity contribution in [2.75, 3.05) is 95.2 Å². The highest BCUT2D eigenvalue weighted by atomic mass is 19.1. The lowest BCUT2D eigenvalue weighted by Gasteiger charge is -2.23. The van der Waals surface area contributed by atoms with Crippen LogP contribution in [0.4, 0.5) is 32.6 Å². The first-order valence-corrected chi connectivity index (χ1v) is 34.1. The summed E-state index contributed by atoms with van der Waals surface area (Å²) in [7, 11) is 0. The molecule has 532 valence electrons. The van der Waals surface area contributed by atoms with Crippen LogP contribution in [-0.2, 0) is 25.5 Å². The number of rotatable bonds is 20. The summed E-state index contributed by atoms with van der Waals surface area (Å²) in [6.07, 6.45) is 1.78. The molecule has 6 aromatic heterocycles. The highest BCUT2D eigenvalue weighted by Crippen LogP contribution is 2.38. The van der Waals surface area contributed by atoms with E-state index in [9.17, 15) is 18.8 Å². The molecule has 29 heteroatoms. The maximum absolute atomic E-state index is 14.2. The molecular formula is C74H80FN19O9. The molecule has 2 atom stereocenters. The largest absolute Gasteiger partial charge is 0.457 e. The smallest absolute Gasteiger partial charge is 0.409 e. The lowest BCUT2D eigenvalue weighted by molar-refractivity contribution is -0.121. The van der Waals surface area contributed by atoms with Crippen LogP contribution in [0.3, 0.4) is 0 Å². The van der Waals surface area contributed by atoms with Crippen molar-refractivity contribution in [3.05, 3.63) is 180 Å². The van der Waals surface area contributed by atoms with Crippen molar-refractivity contribution in [3.8, 4) is 68.3 Å². The molecule has 2 fully saturated rings. The van der Waals surface area contributed by atoms with Gasteiger partial charge in [-0.3, -0.25) is 14.7 Å². The fraction of sp³-hybridized carbons (Fsp3) is 0.284. The maximum Gasteiger partial charge on any atom is 0.409 e. The molecule has 2 aliphatic heterocycles. The summed E-state index contributed by atoms with van der Waals surface area (Å²) < 4.78 is 53.9. The first-order valence-electron chi connectivity index (χ1n) is 34.1. The van der Waals surface area contributed by atoms with Gasteiger partial charge in [0.1, 0.15) is 69.0 Å². The van der Waals surface area contributed by atoms with Gasteiger partial charge in [0.05, 0.1) is 67.8 Å². The van der Waals surface area contributed by atoms with Gasteiger partial charge in [-0.25, -0.2) is 23.6 Å². The van der Waals surface area contributed by atoms with E-state index in [-0.39, 0.29) is 47.5 Å². The van der Waals surface area contributed by atoms with Crippen molar-refractivity contribution in [3.63, 3.8) is 0 Å². The van der Waals surface area contributed by atoms with Gasteiger partial charge in [-0.2, -0.15) is 44.6 Å². The molecule has 2 aliphatic rings. The van der Waals surface area contributed by atoms with Crippen LogP contribution in [0.15, 0.2) is 169 Å². The highest BCUT2D eigenvalue weighted by Gasteiger charge is 2.31. The zero-order valence-corrected chi connectivity index (χ0v) is 57.2. The van der Waals surface area contributed by atoms with Crippen molar-refractivity contribution in [2.45, 2.75) is 65.1 Å². The first-order chi connectivity index (χ1) is 50.2. The van der Waals surface area contributed by atoms with Gasteiger partial charge in [-0.15, -0.1) is 0 Å². The molecule has 2 saturated heterocycles. The third-order valence-electron chi connectivity index (χ3n) is 16.7. The summed E-state index contributed by atoms with van der Waals surface area (Å²) in [5.74, 6) is 4.80. The standard InChI is InChI=1S/C26H29N7O4.C25H27FN6O2.C23H24N6O3/c1-2-13-36-26(34)32-12-14-35-16-18(15-32)33-24-21(23(27)29-25(28)30-24)22(31-33)17-8-10-20(11-9-17)37-19-6-4-3-5-7-19;1-2-12-31-13-14-33-16-18(15-31)32-24-21(23(27)28-25(26)29-24)22(30-32)17-8-10-20(11-9-17)34-19-6-4-3-5-7-19;1-2-6-18(30)25-13-14-29-22-19(21(24)26-23(31)27-22)20(28-29)15-9-11-17(12-10-15)32-16-7-4-3-5-8-16/h3-11,18H,2,12-16H2,1H3,(H4,27,28,29,30);3-11,18H,2,12-16H2,1H3,(H2,27,28,29);3-5,7-12H,2,6,13-14H2,1H3,(H,25,30)(H3,24,26,27,31). The van der Waals surface area contributed by atoms with Gasteiger partial charge in [0.2, 0.25) is 11.9 Å². The second kappa shape index (κ2) is 33.4. The quantitative estimate of drug-likeness (QED) is 0.0386.